The lowest BCUT2D eigenvalue weighted by molar-refractivity contribution is -0.133. The van der Waals surface area contributed by atoms with E-state index in [2.05, 4.69) is 6.58 Å². The van der Waals surface area contributed by atoms with E-state index in [-0.39, 0.29) is 0 Å². The lowest BCUT2D eigenvalue weighted by atomic mass is 9.80. The first-order valence-electron chi connectivity index (χ1n) is 4.43. The number of hydrogen-bond acceptors (Lipinski definition) is 2. The maximum atomic E-state index is 9.88. The summed E-state index contributed by atoms with van der Waals surface area (Å²) < 4.78 is 0. The summed E-state index contributed by atoms with van der Waals surface area (Å²) in [6.45, 7) is 8.84. The first-order chi connectivity index (χ1) is 5.37. The summed E-state index contributed by atoms with van der Waals surface area (Å²) >= 11 is 0. The van der Waals surface area contributed by atoms with E-state index < -0.39 is 11.2 Å². The predicted molar refractivity (Wildman–Crippen MR) is 51.0 cm³/mol. The second-order valence-corrected chi connectivity index (χ2v) is 3.79. The van der Waals surface area contributed by atoms with Gasteiger partial charge in [0.15, 0.2) is 0 Å². The van der Waals surface area contributed by atoms with Gasteiger partial charge in [-0.25, -0.2) is 0 Å². The fraction of sp³-hybridized carbons (Fsp3) is 0.800. The van der Waals surface area contributed by atoms with E-state index in [0.717, 1.165) is 6.42 Å². The molecule has 72 valence electrons. The Morgan fingerprint density at radius 1 is 1.25 bits per heavy atom. The van der Waals surface area contributed by atoms with Crippen LogP contribution in [-0.2, 0) is 0 Å². The highest BCUT2D eigenvalue weighted by molar-refractivity contribution is 4.96. The van der Waals surface area contributed by atoms with Gasteiger partial charge in [-0.05, 0) is 26.7 Å². The maximum Gasteiger partial charge on any atom is 0.0936 e. The third kappa shape index (κ3) is 2.61. The largest absolute Gasteiger partial charge is 0.387 e. The molecule has 0 heterocycles. The van der Waals surface area contributed by atoms with E-state index in [0.29, 0.717) is 12.8 Å². The third-order valence-corrected chi connectivity index (χ3v) is 2.44. The molecule has 0 aromatic carbocycles. The molecule has 0 rings (SSSR count). The molecule has 0 bridgehead atoms. The van der Waals surface area contributed by atoms with Crippen LogP contribution in [0.15, 0.2) is 12.7 Å². The molecule has 2 heteroatoms. The van der Waals surface area contributed by atoms with Crippen LogP contribution in [0.5, 0.6) is 0 Å². The Hall–Kier alpha value is -0.340. The highest BCUT2D eigenvalue weighted by atomic mass is 16.4. The van der Waals surface area contributed by atoms with Gasteiger partial charge in [0.25, 0.3) is 0 Å². The fourth-order valence-electron chi connectivity index (χ4n) is 1.26. The molecular formula is C10H20O2. The molecule has 0 saturated heterocycles. The van der Waals surface area contributed by atoms with Crippen molar-refractivity contribution in [2.45, 2.75) is 51.2 Å². The van der Waals surface area contributed by atoms with Crippen LogP contribution < -0.4 is 0 Å². The van der Waals surface area contributed by atoms with Gasteiger partial charge in [-0.3, -0.25) is 0 Å². The zero-order valence-electron chi connectivity index (χ0n) is 8.30. The lowest BCUT2D eigenvalue weighted by Crippen LogP contribution is -2.49. The SMILES string of the molecule is C=CCC(C)(O)C(C)(O)CCC. The van der Waals surface area contributed by atoms with E-state index in [1.54, 1.807) is 19.9 Å². The molecule has 0 saturated carbocycles. The monoisotopic (exact) mass is 172 g/mol. The Morgan fingerprint density at radius 3 is 2.08 bits per heavy atom. The molecule has 0 aliphatic rings. The van der Waals surface area contributed by atoms with Gasteiger partial charge in [0.2, 0.25) is 0 Å². The number of aliphatic hydroxyl groups is 2. The van der Waals surface area contributed by atoms with E-state index in [1.807, 2.05) is 6.92 Å². The summed E-state index contributed by atoms with van der Waals surface area (Å²) in [5, 5.41) is 19.7. The Morgan fingerprint density at radius 2 is 1.75 bits per heavy atom. The molecule has 0 aliphatic carbocycles. The highest BCUT2D eigenvalue weighted by Gasteiger charge is 2.39. The Balaban J connectivity index is 4.38. The minimum atomic E-state index is -1.06. The van der Waals surface area contributed by atoms with Crippen LogP contribution in [-0.4, -0.2) is 21.4 Å². The van der Waals surface area contributed by atoms with Crippen LogP contribution >= 0.6 is 0 Å². The molecule has 2 atom stereocenters. The molecular weight excluding hydrogens is 152 g/mol. The maximum absolute atomic E-state index is 9.88. The quantitative estimate of drug-likeness (QED) is 0.621. The molecule has 0 spiro atoms. The predicted octanol–water partition coefficient (Wildman–Crippen LogP) is 1.86. The van der Waals surface area contributed by atoms with Gasteiger partial charge < -0.3 is 10.2 Å². The van der Waals surface area contributed by atoms with E-state index in [4.69, 9.17) is 0 Å². The summed E-state index contributed by atoms with van der Waals surface area (Å²) in [6, 6.07) is 0. The summed E-state index contributed by atoms with van der Waals surface area (Å²) in [5.41, 5.74) is -2.08. The highest BCUT2D eigenvalue weighted by Crippen LogP contribution is 2.29. The molecule has 2 N–H and O–H groups in total. The van der Waals surface area contributed by atoms with Crippen molar-refractivity contribution in [1.82, 2.24) is 0 Å². The normalized spacial score (nSPS) is 21.1. The van der Waals surface area contributed by atoms with Gasteiger partial charge in [-0.2, -0.15) is 0 Å². The van der Waals surface area contributed by atoms with Crippen LogP contribution in [0, 0.1) is 0 Å². The summed E-state index contributed by atoms with van der Waals surface area (Å²) in [6.07, 6.45) is 3.51. The summed E-state index contributed by atoms with van der Waals surface area (Å²) in [4.78, 5) is 0. The van der Waals surface area contributed by atoms with E-state index in [1.165, 1.54) is 0 Å². The molecule has 0 aromatic heterocycles. The van der Waals surface area contributed by atoms with E-state index in [9.17, 15) is 10.2 Å². The standard InChI is InChI=1S/C10H20O2/c1-5-7-9(3,11)10(4,12)8-6-2/h5,11-12H,1,6-8H2,2-4H3. The van der Waals surface area contributed by atoms with Gasteiger partial charge in [0.1, 0.15) is 0 Å². The van der Waals surface area contributed by atoms with Crippen LogP contribution in [0.4, 0.5) is 0 Å². The minimum Gasteiger partial charge on any atom is -0.387 e. The summed E-state index contributed by atoms with van der Waals surface area (Å²) in [7, 11) is 0. The van der Waals surface area contributed by atoms with Crippen molar-refractivity contribution in [3.63, 3.8) is 0 Å². The minimum absolute atomic E-state index is 0.417. The lowest BCUT2D eigenvalue weighted by Gasteiger charge is -2.37. The molecule has 12 heavy (non-hydrogen) atoms. The van der Waals surface area contributed by atoms with Gasteiger partial charge >= 0.3 is 0 Å². The van der Waals surface area contributed by atoms with Gasteiger partial charge in [-0.1, -0.05) is 19.4 Å². The van der Waals surface area contributed by atoms with Crippen LogP contribution in [0.3, 0.4) is 0 Å². The Kier molecular flexibility index (Phi) is 3.94. The van der Waals surface area contributed by atoms with Gasteiger partial charge in [0, 0.05) is 0 Å². The second-order valence-electron chi connectivity index (χ2n) is 3.79. The Labute approximate surface area is 74.9 Å². The molecule has 2 unspecified atom stereocenters. The van der Waals surface area contributed by atoms with Crippen molar-refractivity contribution in [2.24, 2.45) is 0 Å². The van der Waals surface area contributed by atoms with Crippen molar-refractivity contribution in [3.05, 3.63) is 12.7 Å². The molecule has 0 fully saturated rings. The number of rotatable bonds is 5. The van der Waals surface area contributed by atoms with Crippen molar-refractivity contribution in [3.8, 4) is 0 Å². The van der Waals surface area contributed by atoms with E-state index >= 15 is 0 Å². The average molecular weight is 172 g/mol. The van der Waals surface area contributed by atoms with Crippen molar-refractivity contribution >= 4 is 0 Å². The first kappa shape index (κ1) is 11.7. The van der Waals surface area contributed by atoms with Crippen LogP contribution in [0.2, 0.25) is 0 Å². The number of hydrogen-bond donors (Lipinski definition) is 2. The van der Waals surface area contributed by atoms with Gasteiger partial charge in [0.05, 0.1) is 11.2 Å². The average Bonchev–Trinajstić information content (AvgIpc) is 1.86. The van der Waals surface area contributed by atoms with Crippen molar-refractivity contribution in [2.75, 3.05) is 0 Å². The molecule has 2 nitrogen and oxygen atoms in total. The van der Waals surface area contributed by atoms with Crippen molar-refractivity contribution < 1.29 is 10.2 Å². The van der Waals surface area contributed by atoms with Crippen LogP contribution in [0.25, 0.3) is 0 Å². The fourth-order valence-corrected chi connectivity index (χ4v) is 1.26. The molecule has 0 amide bonds. The molecule has 0 aliphatic heterocycles. The zero-order valence-corrected chi connectivity index (χ0v) is 8.30. The topological polar surface area (TPSA) is 40.5 Å². The molecule has 0 aromatic rings. The smallest absolute Gasteiger partial charge is 0.0936 e. The van der Waals surface area contributed by atoms with Crippen LogP contribution in [0.1, 0.15) is 40.0 Å². The van der Waals surface area contributed by atoms with Crippen molar-refractivity contribution in [1.29, 1.82) is 0 Å². The summed E-state index contributed by atoms with van der Waals surface area (Å²) in [5.74, 6) is 0. The van der Waals surface area contributed by atoms with Gasteiger partial charge in [-0.15, -0.1) is 6.58 Å². The second kappa shape index (κ2) is 4.06. The first-order valence-corrected chi connectivity index (χ1v) is 4.43. The Bertz CT molecular complexity index is 148. The molecule has 0 radical (unpaired) electrons. The zero-order chi connectivity index (χ0) is 9.83. The third-order valence-electron chi connectivity index (χ3n) is 2.44.